The molecule has 1 fully saturated rings. The van der Waals surface area contributed by atoms with Crippen molar-refractivity contribution >= 4 is 17.7 Å². The Kier molecular flexibility index (Phi) is 8.41. The summed E-state index contributed by atoms with van der Waals surface area (Å²) in [5.74, 6) is -5.47. The summed E-state index contributed by atoms with van der Waals surface area (Å²) >= 11 is 0. The first-order valence-electron chi connectivity index (χ1n) is 11.9. The van der Waals surface area contributed by atoms with Gasteiger partial charge in [0.25, 0.3) is 0 Å². The zero-order chi connectivity index (χ0) is 27.2. The molecule has 0 unspecified atom stereocenters. The van der Waals surface area contributed by atoms with Gasteiger partial charge in [-0.05, 0) is 43.6 Å². The lowest BCUT2D eigenvalue weighted by atomic mass is 9.97. The van der Waals surface area contributed by atoms with Gasteiger partial charge in [-0.2, -0.15) is 5.10 Å². The minimum Gasteiger partial charge on any atom is -0.481 e. The molecule has 0 radical (unpaired) electrons. The number of ether oxygens (including phenoxy) is 1. The molecule has 0 spiro atoms. The molecule has 3 aromatic rings. The predicted molar refractivity (Wildman–Crippen MR) is 131 cm³/mol. The molecule has 200 valence electrons. The van der Waals surface area contributed by atoms with Crippen LogP contribution in [-0.4, -0.2) is 58.1 Å². The number of rotatable bonds is 8. The Morgan fingerprint density at radius 3 is 2.47 bits per heavy atom. The van der Waals surface area contributed by atoms with Gasteiger partial charge in [0.15, 0.2) is 17.5 Å². The Morgan fingerprint density at radius 1 is 1.08 bits per heavy atom. The molecule has 4 rings (SSSR count). The van der Waals surface area contributed by atoms with Crippen molar-refractivity contribution in [2.45, 2.75) is 19.3 Å². The van der Waals surface area contributed by atoms with E-state index in [-0.39, 0.29) is 30.3 Å². The molecule has 2 heterocycles. The van der Waals surface area contributed by atoms with Crippen LogP contribution in [0.4, 0.5) is 23.7 Å². The summed E-state index contributed by atoms with van der Waals surface area (Å²) in [6, 6.07) is 9.39. The molecule has 12 heteroatoms. The Bertz CT molecular complexity index is 1370. The molecule has 38 heavy (non-hydrogen) atoms. The second-order valence-corrected chi connectivity index (χ2v) is 8.89. The number of hydrogen-bond donors (Lipinski definition) is 2. The summed E-state index contributed by atoms with van der Waals surface area (Å²) < 4.78 is 46.9. The molecule has 2 aromatic carbocycles. The van der Waals surface area contributed by atoms with Gasteiger partial charge in [0.2, 0.25) is 5.43 Å². The summed E-state index contributed by atoms with van der Waals surface area (Å²) in [4.78, 5) is 37.6. The monoisotopic (exact) mass is 530 g/mol. The minimum atomic E-state index is -1.60. The normalized spacial score (nSPS) is 14.3. The Morgan fingerprint density at radius 2 is 1.79 bits per heavy atom. The fourth-order valence-corrected chi connectivity index (χ4v) is 4.17. The average molecular weight is 531 g/mol. The first-order valence-corrected chi connectivity index (χ1v) is 11.9. The van der Waals surface area contributed by atoms with Gasteiger partial charge in [-0.15, -0.1) is 0 Å². The molecular weight excluding hydrogens is 505 g/mol. The van der Waals surface area contributed by atoms with Crippen molar-refractivity contribution in [3.05, 3.63) is 87.6 Å². The van der Waals surface area contributed by atoms with Gasteiger partial charge < -0.3 is 9.84 Å². The summed E-state index contributed by atoms with van der Waals surface area (Å²) in [7, 11) is 0. The molecule has 1 aromatic heterocycles. The molecule has 0 atom stereocenters. The highest BCUT2D eigenvalue weighted by atomic mass is 19.2. The fraction of sp³-hybridized carbons (Fsp3) is 0.308. The number of aromatic nitrogens is 2. The largest absolute Gasteiger partial charge is 0.481 e. The summed E-state index contributed by atoms with van der Waals surface area (Å²) in [5, 5.41) is 15.8. The maximum atomic E-state index is 13.6. The van der Waals surface area contributed by atoms with E-state index in [2.05, 4.69) is 10.4 Å². The van der Waals surface area contributed by atoms with Crippen LogP contribution in [0.25, 0.3) is 5.69 Å². The van der Waals surface area contributed by atoms with Crippen LogP contribution in [0.15, 0.2) is 53.5 Å². The summed E-state index contributed by atoms with van der Waals surface area (Å²) in [6.45, 7) is 1.89. The third-order valence-electron chi connectivity index (χ3n) is 6.24. The number of benzene rings is 2. The van der Waals surface area contributed by atoms with E-state index >= 15 is 0 Å². The van der Waals surface area contributed by atoms with E-state index in [1.807, 2.05) is 4.90 Å². The van der Waals surface area contributed by atoms with Crippen LogP contribution < -0.4 is 10.7 Å². The summed E-state index contributed by atoms with van der Waals surface area (Å²) in [5.41, 5.74) is 0.627. The second-order valence-electron chi connectivity index (χ2n) is 8.89. The zero-order valence-corrected chi connectivity index (χ0v) is 20.2. The van der Waals surface area contributed by atoms with Gasteiger partial charge in [0.1, 0.15) is 12.3 Å². The zero-order valence-electron chi connectivity index (χ0n) is 20.2. The number of carboxylic acids is 1. The van der Waals surface area contributed by atoms with Gasteiger partial charge >= 0.3 is 12.1 Å². The van der Waals surface area contributed by atoms with Crippen LogP contribution in [0.2, 0.25) is 0 Å². The van der Waals surface area contributed by atoms with Crippen molar-refractivity contribution in [3.8, 4) is 5.69 Å². The molecule has 1 aliphatic heterocycles. The molecule has 0 aliphatic carbocycles. The maximum absolute atomic E-state index is 13.6. The SMILES string of the molecule is O=C(Nc1cccc(Cc2nn(-c3cc(F)c(F)c(F)c3)ccc2=O)c1)OCCN1CCC(C(=O)O)CC1. The van der Waals surface area contributed by atoms with Gasteiger partial charge in [-0.3, -0.25) is 19.8 Å². The molecule has 2 N–H and O–H groups in total. The first-order chi connectivity index (χ1) is 18.2. The first kappa shape index (κ1) is 26.9. The maximum Gasteiger partial charge on any atom is 0.411 e. The van der Waals surface area contributed by atoms with Gasteiger partial charge in [-0.1, -0.05) is 12.1 Å². The van der Waals surface area contributed by atoms with E-state index in [0.29, 0.717) is 43.7 Å². The van der Waals surface area contributed by atoms with Crippen molar-refractivity contribution in [1.29, 1.82) is 0 Å². The number of piperidine rings is 1. The Labute approximate surface area is 215 Å². The highest BCUT2D eigenvalue weighted by molar-refractivity contribution is 5.84. The number of carbonyl (C=O) groups is 2. The lowest BCUT2D eigenvalue weighted by Crippen LogP contribution is -2.38. The van der Waals surface area contributed by atoms with Crippen LogP contribution in [0, 0.1) is 23.4 Å². The number of carbonyl (C=O) groups excluding carboxylic acids is 1. The number of anilines is 1. The molecular formula is C26H25F3N4O5. The quantitative estimate of drug-likeness (QED) is 0.428. The van der Waals surface area contributed by atoms with E-state index in [1.165, 1.54) is 12.3 Å². The number of hydrogen-bond acceptors (Lipinski definition) is 6. The lowest BCUT2D eigenvalue weighted by Gasteiger charge is -2.29. The van der Waals surface area contributed by atoms with Crippen LogP contribution in [0.5, 0.6) is 0 Å². The third kappa shape index (κ3) is 6.76. The van der Waals surface area contributed by atoms with Crippen molar-refractivity contribution < 1.29 is 32.6 Å². The van der Waals surface area contributed by atoms with E-state index in [4.69, 9.17) is 9.84 Å². The van der Waals surface area contributed by atoms with E-state index in [0.717, 1.165) is 16.8 Å². The molecule has 9 nitrogen and oxygen atoms in total. The standard InChI is InChI=1S/C26H25F3N4O5/c27-20-14-19(15-21(28)24(20)29)33-9-6-23(34)22(31-33)13-16-2-1-3-18(12-16)30-26(37)38-11-10-32-7-4-17(5-8-32)25(35)36/h1-3,6,9,12,14-15,17H,4-5,7-8,10-11,13H2,(H,30,37)(H,35,36). The second kappa shape index (κ2) is 11.9. The van der Waals surface area contributed by atoms with Gasteiger partial charge in [0.05, 0.1) is 11.6 Å². The number of halogens is 3. The summed E-state index contributed by atoms with van der Waals surface area (Å²) in [6.07, 6.45) is 1.74. The predicted octanol–water partition coefficient (Wildman–Crippen LogP) is 3.59. The van der Waals surface area contributed by atoms with E-state index < -0.39 is 34.9 Å². The van der Waals surface area contributed by atoms with Gasteiger partial charge in [0, 0.05) is 43.0 Å². The minimum absolute atomic E-state index is 0.0582. The molecule has 0 bridgehead atoms. The number of carboxylic acid groups (broad SMARTS) is 1. The molecule has 0 saturated carbocycles. The highest BCUT2D eigenvalue weighted by Gasteiger charge is 2.24. The van der Waals surface area contributed by atoms with E-state index in [1.54, 1.807) is 24.3 Å². The van der Waals surface area contributed by atoms with Crippen molar-refractivity contribution in [1.82, 2.24) is 14.7 Å². The molecule has 1 aliphatic rings. The van der Waals surface area contributed by atoms with E-state index in [9.17, 15) is 27.6 Å². The van der Waals surface area contributed by atoms with Crippen LogP contribution >= 0.6 is 0 Å². The number of nitrogens with zero attached hydrogens (tertiary/aromatic N) is 3. The van der Waals surface area contributed by atoms with Crippen molar-refractivity contribution in [2.24, 2.45) is 5.92 Å². The topological polar surface area (TPSA) is 114 Å². The highest BCUT2D eigenvalue weighted by Crippen LogP contribution is 2.18. The number of nitrogens with one attached hydrogen (secondary N) is 1. The fourth-order valence-electron chi connectivity index (χ4n) is 4.17. The number of aliphatic carboxylic acids is 1. The Hall–Kier alpha value is -4.19. The number of likely N-dealkylation sites (tertiary alicyclic amines) is 1. The van der Waals surface area contributed by atoms with Crippen LogP contribution in [0.1, 0.15) is 24.1 Å². The van der Waals surface area contributed by atoms with Crippen molar-refractivity contribution in [3.63, 3.8) is 0 Å². The lowest BCUT2D eigenvalue weighted by molar-refractivity contribution is -0.143. The Balaban J connectivity index is 1.34. The van der Waals surface area contributed by atoms with Crippen LogP contribution in [-0.2, 0) is 16.0 Å². The number of amides is 1. The molecule has 1 amide bonds. The molecule has 1 saturated heterocycles. The van der Waals surface area contributed by atoms with Crippen LogP contribution in [0.3, 0.4) is 0 Å². The van der Waals surface area contributed by atoms with Crippen molar-refractivity contribution in [2.75, 3.05) is 31.6 Å². The third-order valence-corrected chi connectivity index (χ3v) is 6.24. The van der Waals surface area contributed by atoms with Gasteiger partial charge in [-0.25, -0.2) is 22.6 Å². The smallest absolute Gasteiger partial charge is 0.411 e. The average Bonchev–Trinajstić information content (AvgIpc) is 2.89.